The number of thiol groups is 1. The van der Waals surface area contributed by atoms with E-state index in [1.807, 2.05) is 26.0 Å². The van der Waals surface area contributed by atoms with Crippen LogP contribution < -0.4 is 10.2 Å². The van der Waals surface area contributed by atoms with Crippen LogP contribution in [-0.4, -0.2) is 30.2 Å². The third-order valence-corrected chi connectivity index (χ3v) is 3.84. The van der Waals surface area contributed by atoms with Gasteiger partial charge in [0.15, 0.2) is 0 Å². The van der Waals surface area contributed by atoms with E-state index in [0.717, 1.165) is 11.4 Å². The number of rotatable bonds is 4. The molecule has 0 saturated carbocycles. The molecule has 1 N–H and O–H groups in total. The summed E-state index contributed by atoms with van der Waals surface area (Å²) in [5.41, 5.74) is 1.46. The van der Waals surface area contributed by atoms with E-state index in [1.54, 1.807) is 17.0 Å². The van der Waals surface area contributed by atoms with E-state index in [9.17, 15) is 9.59 Å². The first-order chi connectivity index (χ1) is 9.51. The molecule has 2 amide bonds. The van der Waals surface area contributed by atoms with Gasteiger partial charge in [-0.3, -0.25) is 9.59 Å². The van der Waals surface area contributed by atoms with Gasteiger partial charge in [0, 0.05) is 30.3 Å². The highest BCUT2D eigenvalue weighted by Gasteiger charge is 2.29. The second-order valence-corrected chi connectivity index (χ2v) is 5.80. The van der Waals surface area contributed by atoms with Crippen molar-refractivity contribution < 1.29 is 9.59 Å². The van der Waals surface area contributed by atoms with Gasteiger partial charge >= 0.3 is 0 Å². The van der Waals surface area contributed by atoms with Crippen LogP contribution in [0.25, 0.3) is 0 Å². The van der Waals surface area contributed by atoms with Gasteiger partial charge in [-0.2, -0.15) is 12.6 Å². The van der Waals surface area contributed by atoms with Crippen LogP contribution in [0.5, 0.6) is 0 Å². The fourth-order valence-electron chi connectivity index (χ4n) is 2.29. The molecule has 2 rings (SSSR count). The van der Waals surface area contributed by atoms with E-state index in [-0.39, 0.29) is 17.9 Å². The van der Waals surface area contributed by atoms with Crippen molar-refractivity contribution in [3.63, 3.8) is 0 Å². The van der Waals surface area contributed by atoms with Gasteiger partial charge in [-0.25, -0.2) is 0 Å². The zero-order chi connectivity index (χ0) is 14.7. The summed E-state index contributed by atoms with van der Waals surface area (Å²) < 4.78 is 0. The molecule has 0 radical (unpaired) electrons. The number of carbonyl (C=O) groups is 2. The molecule has 1 fully saturated rings. The van der Waals surface area contributed by atoms with Crippen LogP contribution >= 0.6 is 12.6 Å². The van der Waals surface area contributed by atoms with Gasteiger partial charge < -0.3 is 10.2 Å². The van der Waals surface area contributed by atoms with Gasteiger partial charge in [-0.1, -0.05) is 0 Å². The molecule has 5 heteroatoms. The summed E-state index contributed by atoms with van der Waals surface area (Å²) in [5, 5.41) is 2.84. The van der Waals surface area contributed by atoms with Crippen LogP contribution in [0, 0.1) is 5.92 Å². The standard InChI is InChI=1S/C15H20N2O2S/c1-10(2)16-15(19)12-3-5-13(6-4-12)17-8-11(9-20)7-14(17)18/h3-6,10-11,20H,7-9H2,1-2H3,(H,16,19). The topological polar surface area (TPSA) is 49.4 Å². The second-order valence-electron chi connectivity index (χ2n) is 5.43. The summed E-state index contributed by atoms with van der Waals surface area (Å²) in [5.74, 6) is 1.07. The highest BCUT2D eigenvalue weighted by molar-refractivity contribution is 7.80. The number of hydrogen-bond acceptors (Lipinski definition) is 3. The highest BCUT2D eigenvalue weighted by Crippen LogP contribution is 2.25. The molecule has 0 aromatic heterocycles. The fraction of sp³-hybridized carbons (Fsp3) is 0.467. The lowest BCUT2D eigenvalue weighted by molar-refractivity contribution is -0.117. The number of hydrogen-bond donors (Lipinski definition) is 2. The SMILES string of the molecule is CC(C)NC(=O)c1ccc(N2CC(CS)CC2=O)cc1. The van der Waals surface area contributed by atoms with Crippen LogP contribution in [0.2, 0.25) is 0 Å². The van der Waals surface area contributed by atoms with Crippen LogP contribution in [0.15, 0.2) is 24.3 Å². The van der Waals surface area contributed by atoms with Gasteiger partial charge in [0.05, 0.1) is 0 Å². The Morgan fingerprint density at radius 2 is 2.05 bits per heavy atom. The Kier molecular flexibility index (Phi) is 4.70. The monoisotopic (exact) mass is 292 g/mol. The fourth-order valence-corrected chi connectivity index (χ4v) is 2.54. The van der Waals surface area contributed by atoms with Crippen molar-refractivity contribution >= 4 is 30.1 Å². The molecule has 0 aliphatic carbocycles. The lowest BCUT2D eigenvalue weighted by Gasteiger charge is -2.17. The minimum Gasteiger partial charge on any atom is -0.350 e. The predicted molar refractivity (Wildman–Crippen MR) is 83.4 cm³/mol. The molecule has 1 aliphatic heterocycles. The third kappa shape index (κ3) is 3.33. The Balaban J connectivity index is 2.09. The average Bonchev–Trinajstić information content (AvgIpc) is 2.79. The average molecular weight is 292 g/mol. The predicted octanol–water partition coefficient (Wildman–Crippen LogP) is 2.11. The van der Waals surface area contributed by atoms with Crippen LogP contribution in [0.1, 0.15) is 30.6 Å². The van der Waals surface area contributed by atoms with E-state index in [2.05, 4.69) is 17.9 Å². The van der Waals surface area contributed by atoms with Crippen molar-refractivity contribution in [2.24, 2.45) is 5.92 Å². The molecule has 1 aromatic rings. The molecule has 108 valence electrons. The number of nitrogens with one attached hydrogen (secondary N) is 1. The molecule has 1 atom stereocenters. The maximum Gasteiger partial charge on any atom is 0.251 e. The van der Waals surface area contributed by atoms with Crippen LogP contribution in [0.4, 0.5) is 5.69 Å². The highest BCUT2D eigenvalue weighted by atomic mass is 32.1. The number of carbonyl (C=O) groups excluding carboxylic acids is 2. The van der Waals surface area contributed by atoms with Crippen molar-refractivity contribution in [2.45, 2.75) is 26.3 Å². The summed E-state index contributed by atoms with van der Waals surface area (Å²) in [6.07, 6.45) is 0.555. The second kappa shape index (κ2) is 6.31. The van der Waals surface area contributed by atoms with Gasteiger partial charge in [0.2, 0.25) is 5.91 Å². The van der Waals surface area contributed by atoms with E-state index in [0.29, 0.717) is 24.4 Å². The van der Waals surface area contributed by atoms with Crippen molar-refractivity contribution in [3.8, 4) is 0 Å². The lowest BCUT2D eigenvalue weighted by atomic mass is 10.1. The summed E-state index contributed by atoms with van der Waals surface area (Å²) in [6.45, 7) is 4.55. The lowest BCUT2D eigenvalue weighted by Crippen LogP contribution is -2.30. The molecule has 1 heterocycles. The van der Waals surface area contributed by atoms with Crippen molar-refractivity contribution in [3.05, 3.63) is 29.8 Å². The van der Waals surface area contributed by atoms with Crippen molar-refractivity contribution in [1.29, 1.82) is 0 Å². The number of anilines is 1. The largest absolute Gasteiger partial charge is 0.350 e. The molecule has 1 saturated heterocycles. The first-order valence-electron chi connectivity index (χ1n) is 6.83. The molecule has 20 heavy (non-hydrogen) atoms. The first-order valence-corrected chi connectivity index (χ1v) is 7.46. The number of benzene rings is 1. The molecule has 4 nitrogen and oxygen atoms in total. The Hall–Kier alpha value is -1.49. The van der Waals surface area contributed by atoms with Crippen molar-refractivity contribution in [1.82, 2.24) is 5.32 Å². The maximum atomic E-state index is 11.9. The summed E-state index contributed by atoms with van der Waals surface area (Å²) in [6, 6.07) is 7.28. The molecule has 1 aliphatic rings. The smallest absolute Gasteiger partial charge is 0.251 e. The molecular formula is C15H20N2O2S. The zero-order valence-electron chi connectivity index (χ0n) is 11.8. The Morgan fingerprint density at radius 1 is 1.40 bits per heavy atom. The molecule has 1 aromatic carbocycles. The first kappa shape index (κ1) is 14.9. The summed E-state index contributed by atoms with van der Waals surface area (Å²) in [7, 11) is 0. The van der Waals surface area contributed by atoms with Gasteiger partial charge in [-0.05, 0) is 49.8 Å². The van der Waals surface area contributed by atoms with Crippen molar-refractivity contribution in [2.75, 3.05) is 17.2 Å². The minimum atomic E-state index is -0.0902. The Labute approximate surface area is 124 Å². The minimum absolute atomic E-state index is 0.0902. The van der Waals surface area contributed by atoms with Crippen LogP contribution in [-0.2, 0) is 4.79 Å². The van der Waals surface area contributed by atoms with Gasteiger partial charge in [0.25, 0.3) is 5.91 Å². The summed E-state index contributed by atoms with van der Waals surface area (Å²) in [4.78, 5) is 25.5. The number of nitrogens with zero attached hydrogens (tertiary/aromatic N) is 1. The molecule has 0 bridgehead atoms. The Morgan fingerprint density at radius 3 is 2.55 bits per heavy atom. The van der Waals surface area contributed by atoms with E-state index in [1.165, 1.54) is 0 Å². The normalized spacial score (nSPS) is 18.7. The quantitative estimate of drug-likeness (QED) is 0.835. The van der Waals surface area contributed by atoms with E-state index >= 15 is 0 Å². The van der Waals surface area contributed by atoms with E-state index < -0.39 is 0 Å². The number of amides is 2. The molecular weight excluding hydrogens is 272 g/mol. The van der Waals surface area contributed by atoms with Crippen LogP contribution in [0.3, 0.4) is 0 Å². The maximum absolute atomic E-state index is 11.9. The summed E-state index contributed by atoms with van der Waals surface area (Å²) >= 11 is 4.25. The molecule has 0 spiro atoms. The molecule has 1 unspecified atom stereocenters. The van der Waals surface area contributed by atoms with E-state index in [4.69, 9.17) is 0 Å². The zero-order valence-corrected chi connectivity index (χ0v) is 12.7. The Bertz CT molecular complexity index is 499. The third-order valence-electron chi connectivity index (χ3n) is 3.32. The van der Waals surface area contributed by atoms with Gasteiger partial charge in [0.1, 0.15) is 0 Å². The van der Waals surface area contributed by atoms with Gasteiger partial charge in [-0.15, -0.1) is 0 Å².